The number of oxime groups is 1. The first-order valence-electron chi connectivity index (χ1n) is 8.74. The van der Waals surface area contributed by atoms with Gasteiger partial charge in [0.25, 0.3) is 0 Å². The standard InChI is InChI=1S/C18H20N4O7S/c19-18(21-25)13-2-1-3-14(9-13)30(26,27)22(7-6-17(23)20-24)10-12-4-5-15-16(8-12)29-11-28-15/h1-5,8-9,24-25H,6-7,10-11H2,(H2,19,21)(H,20,23). The summed E-state index contributed by atoms with van der Waals surface area (Å²) in [6.45, 7) is -0.180. The Bertz CT molecular complexity index is 1070. The van der Waals surface area contributed by atoms with Gasteiger partial charge in [-0.1, -0.05) is 23.4 Å². The van der Waals surface area contributed by atoms with Crippen molar-refractivity contribution in [2.45, 2.75) is 17.9 Å². The van der Waals surface area contributed by atoms with Crippen LogP contribution in [-0.2, 0) is 21.4 Å². The number of amidine groups is 1. The average Bonchev–Trinajstić information content (AvgIpc) is 3.23. The fourth-order valence-corrected chi connectivity index (χ4v) is 4.31. The normalized spacial score (nSPS) is 13.5. The molecule has 2 aromatic rings. The number of nitrogens with zero attached hydrogens (tertiary/aromatic N) is 2. The van der Waals surface area contributed by atoms with Gasteiger partial charge in [0, 0.05) is 25.1 Å². The van der Waals surface area contributed by atoms with Crippen LogP contribution in [0.1, 0.15) is 17.5 Å². The summed E-state index contributed by atoms with van der Waals surface area (Å²) in [6.07, 6.45) is -0.264. The highest BCUT2D eigenvalue weighted by Crippen LogP contribution is 2.33. The zero-order valence-corrected chi connectivity index (χ0v) is 16.5. The summed E-state index contributed by atoms with van der Waals surface area (Å²) in [6, 6.07) is 10.6. The molecule has 0 unspecified atom stereocenters. The molecule has 1 aliphatic heterocycles. The molecule has 1 heterocycles. The molecule has 0 saturated carbocycles. The van der Waals surface area contributed by atoms with Crippen LogP contribution >= 0.6 is 0 Å². The summed E-state index contributed by atoms with van der Waals surface area (Å²) in [4.78, 5) is 11.4. The van der Waals surface area contributed by atoms with Crippen LogP contribution in [0, 0.1) is 0 Å². The van der Waals surface area contributed by atoms with Gasteiger partial charge in [-0.2, -0.15) is 4.31 Å². The monoisotopic (exact) mass is 436 g/mol. The van der Waals surface area contributed by atoms with Crippen molar-refractivity contribution in [1.29, 1.82) is 0 Å². The molecule has 1 aliphatic rings. The number of ether oxygens (including phenoxy) is 2. The molecule has 0 aliphatic carbocycles. The van der Waals surface area contributed by atoms with Crippen molar-refractivity contribution in [2.75, 3.05) is 13.3 Å². The van der Waals surface area contributed by atoms with E-state index in [9.17, 15) is 13.2 Å². The molecule has 0 radical (unpaired) electrons. The molecule has 160 valence electrons. The third kappa shape index (κ3) is 4.62. The molecule has 0 fully saturated rings. The lowest BCUT2D eigenvalue weighted by Gasteiger charge is -2.22. The quantitative estimate of drug-likeness (QED) is 0.154. The molecule has 1 amide bonds. The Balaban J connectivity index is 1.93. The van der Waals surface area contributed by atoms with E-state index in [1.165, 1.54) is 29.7 Å². The minimum absolute atomic E-state index is 0.0640. The number of amides is 1. The van der Waals surface area contributed by atoms with Gasteiger partial charge in [-0.3, -0.25) is 10.0 Å². The van der Waals surface area contributed by atoms with Crippen LogP contribution in [0.2, 0.25) is 0 Å². The van der Waals surface area contributed by atoms with Crippen molar-refractivity contribution < 1.29 is 33.1 Å². The van der Waals surface area contributed by atoms with E-state index in [-0.39, 0.29) is 42.6 Å². The van der Waals surface area contributed by atoms with Gasteiger partial charge in [-0.05, 0) is 29.8 Å². The molecule has 0 saturated heterocycles. The van der Waals surface area contributed by atoms with E-state index in [4.69, 9.17) is 25.6 Å². The van der Waals surface area contributed by atoms with Crippen LogP contribution in [0.15, 0.2) is 52.5 Å². The fraction of sp³-hybridized carbons (Fsp3) is 0.222. The molecule has 0 aromatic heterocycles. The van der Waals surface area contributed by atoms with Crippen molar-refractivity contribution in [3.63, 3.8) is 0 Å². The van der Waals surface area contributed by atoms with Crippen molar-refractivity contribution in [1.82, 2.24) is 9.79 Å². The smallest absolute Gasteiger partial charge is 0.244 e. The van der Waals surface area contributed by atoms with E-state index in [1.54, 1.807) is 18.2 Å². The molecule has 5 N–H and O–H groups in total. The molecule has 0 atom stereocenters. The minimum atomic E-state index is -4.07. The highest BCUT2D eigenvalue weighted by molar-refractivity contribution is 7.89. The topological polar surface area (TPSA) is 164 Å². The van der Waals surface area contributed by atoms with Gasteiger partial charge in [0.1, 0.15) is 0 Å². The number of fused-ring (bicyclic) bond motifs is 1. The number of hydroxylamine groups is 1. The molecule has 0 bridgehead atoms. The van der Waals surface area contributed by atoms with Crippen LogP contribution < -0.4 is 20.7 Å². The van der Waals surface area contributed by atoms with Gasteiger partial charge < -0.3 is 20.4 Å². The number of hydrogen-bond acceptors (Lipinski definition) is 8. The van der Waals surface area contributed by atoms with E-state index < -0.39 is 15.9 Å². The number of carbonyl (C=O) groups excluding carboxylic acids is 1. The van der Waals surface area contributed by atoms with Gasteiger partial charge in [0.15, 0.2) is 17.3 Å². The third-order valence-electron chi connectivity index (χ3n) is 4.38. The lowest BCUT2D eigenvalue weighted by Crippen LogP contribution is -2.34. The third-order valence-corrected chi connectivity index (χ3v) is 6.23. The van der Waals surface area contributed by atoms with E-state index in [2.05, 4.69) is 5.16 Å². The summed E-state index contributed by atoms with van der Waals surface area (Å²) in [5.41, 5.74) is 7.87. The number of sulfonamides is 1. The summed E-state index contributed by atoms with van der Waals surface area (Å²) in [5, 5.41) is 20.5. The maximum Gasteiger partial charge on any atom is 0.244 e. The van der Waals surface area contributed by atoms with E-state index in [0.717, 1.165) is 4.31 Å². The summed E-state index contributed by atoms with van der Waals surface area (Å²) in [5.74, 6) is 0.0754. The first kappa shape index (κ1) is 21.4. The van der Waals surface area contributed by atoms with E-state index in [1.807, 2.05) is 0 Å². The number of benzene rings is 2. The Morgan fingerprint density at radius 3 is 2.70 bits per heavy atom. The number of carbonyl (C=O) groups is 1. The maximum atomic E-state index is 13.3. The lowest BCUT2D eigenvalue weighted by molar-refractivity contribution is -0.129. The maximum absolute atomic E-state index is 13.3. The van der Waals surface area contributed by atoms with Crippen molar-refractivity contribution in [3.8, 4) is 11.5 Å². The Labute approximate surface area is 172 Å². The van der Waals surface area contributed by atoms with Crippen molar-refractivity contribution >= 4 is 21.8 Å². The molecule has 0 spiro atoms. The Hall–Kier alpha value is -3.35. The number of hydrogen-bond donors (Lipinski definition) is 4. The van der Waals surface area contributed by atoms with Crippen LogP contribution in [0.4, 0.5) is 0 Å². The molecular formula is C18H20N4O7S. The molecule has 12 heteroatoms. The largest absolute Gasteiger partial charge is 0.454 e. The molecular weight excluding hydrogens is 416 g/mol. The van der Waals surface area contributed by atoms with Crippen LogP contribution in [0.25, 0.3) is 0 Å². The van der Waals surface area contributed by atoms with Crippen LogP contribution in [0.3, 0.4) is 0 Å². The van der Waals surface area contributed by atoms with Gasteiger partial charge in [-0.15, -0.1) is 0 Å². The van der Waals surface area contributed by atoms with E-state index >= 15 is 0 Å². The fourth-order valence-electron chi connectivity index (χ4n) is 2.83. The second kappa shape index (κ2) is 8.98. The number of nitrogens with one attached hydrogen (secondary N) is 1. The first-order chi connectivity index (χ1) is 14.3. The Morgan fingerprint density at radius 1 is 1.20 bits per heavy atom. The molecule has 11 nitrogen and oxygen atoms in total. The average molecular weight is 436 g/mol. The lowest BCUT2D eigenvalue weighted by atomic mass is 10.2. The molecule has 2 aromatic carbocycles. The number of rotatable bonds is 8. The van der Waals surface area contributed by atoms with Gasteiger partial charge in [0.2, 0.25) is 22.7 Å². The Kier molecular flexibility index (Phi) is 6.40. The second-order valence-electron chi connectivity index (χ2n) is 6.32. The SMILES string of the molecule is N/C(=N/O)c1cccc(S(=O)(=O)N(CCC(=O)NO)Cc2ccc3c(c2)OCO3)c1. The zero-order valence-electron chi connectivity index (χ0n) is 15.7. The summed E-state index contributed by atoms with van der Waals surface area (Å²) >= 11 is 0. The Morgan fingerprint density at radius 2 is 1.97 bits per heavy atom. The van der Waals surface area contributed by atoms with Gasteiger partial charge in [0.05, 0.1) is 4.90 Å². The number of nitrogens with two attached hydrogens (primary N) is 1. The van der Waals surface area contributed by atoms with Gasteiger partial charge in [-0.25, -0.2) is 13.9 Å². The zero-order chi connectivity index (χ0) is 21.7. The van der Waals surface area contributed by atoms with E-state index in [0.29, 0.717) is 17.1 Å². The van der Waals surface area contributed by atoms with Gasteiger partial charge >= 0.3 is 0 Å². The summed E-state index contributed by atoms with van der Waals surface area (Å²) in [7, 11) is -4.07. The second-order valence-corrected chi connectivity index (χ2v) is 8.26. The van der Waals surface area contributed by atoms with Crippen LogP contribution in [-0.4, -0.2) is 48.2 Å². The summed E-state index contributed by atoms with van der Waals surface area (Å²) < 4.78 is 38.2. The molecule has 30 heavy (non-hydrogen) atoms. The minimum Gasteiger partial charge on any atom is -0.454 e. The first-order valence-corrected chi connectivity index (χ1v) is 10.2. The predicted molar refractivity (Wildman–Crippen MR) is 104 cm³/mol. The predicted octanol–water partition coefficient (Wildman–Crippen LogP) is 0.596. The highest BCUT2D eigenvalue weighted by Gasteiger charge is 2.26. The van der Waals surface area contributed by atoms with Crippen LogP contribution in [0.5, 0.6) is 11.5 Å². The molecule has 3 rings (SSSR count). The van der Waals surface area contributed by atoms with Crippen molar-refractivity contribution in [3.05, 3.63) is 53.6 Å². The highest BCUT2D eigenvalue weighted by atomic mass is 32.2. The van der Waals surface area contributed by atoms with Crippen molar-refractivity contribution in [2.24, 2.45) is 10.9 Å².